The Morgan fingerprint density at radius 2 is 2.07 bits per heavy atom. The second-order valence-electron chi connectivity index (χ2n) is 3.30. The lowest BCUT2D eigenvalue weighted by atomic mass is 10.3. The summed E-state index contributed by atoms with van der Waals surface area (Å²) in [6.45, 7) is 2.40. The molecule has 0 aliphatic rings. The Hall–Kier alpha value is -1.91. The van der Waals surface area contributed by atoms with Gasteiger partial charge in [0.05, 0.1) is 11.8 Å². The molecule has 0 radical (unpaired) electrons. The van der Waals surface area contributed by atoms with Crippen LogP contribution < -0.4 is 11.1 Å². The topological polar surface area (TPSA) is 56.9 Å². The van der Waals surface area contributed by atoms with E-state index >= 15 is 0 Å². The summed E-state index contributed by atoms with van der Waals surface area (Å²) < 4.78 is 2.80. The summed E-state index contributed by atoms with van der Waals surface area (Å²) in [5.41, 5.74) is 0.525. The highest BCUT2D eigenvalue weighted by Crippen LogP contribution is 2.01. The maximum absolute atomic E-state index is 11.9. The molecule has 0 N–H and O–H groups in total. The van der Waals surface area contributed by atoms with Gasteiger partial charge in [-0.3, -0.25) is 14.2 Å². The van der Waals surface area contributed by atoms with Crippen LogP contribution in [0.5, 0.6) is 0 Å². The van der Waals surface area contributed by atoms with E-state index in [1.54, 1.807) is 13.1 Å². The van der Waals surface area contributed by atoms with Crippen LogP contribution in [0.1, 0.15) is 6.92 Å². The molecular formula is C10H11N3O2. The minimum absolute atomic E-state index is 0.178. The number of aromatic nitrogens is 3. The van der Waals surface area contributed by atoms with Crippen LogP contribution in [0.25, 0.3) is 11.0 Å². The van der Waals surface area contributed by atoms with Crippen molar-refractivity contribution < 1.29 is 0 Å². The van der Waals surface area contributed by atoms with Gasteiger partial charge in [0, 0.05) is 19.7 Å². The van der Waals surface area contributed by atoms with E-state index in [9.17, 15) is 9.59 Å². The van der Waals surface area contributed by atoms with Gasteiger partial charge in [-0.25, -0.2) is 4.98 Å². The molecule has 0 unspecified atom stereocenters. The van der Waals surface area contributed by atoms with Gasteiger partial charge in [-0.15, -0.1) is 0 Å². The molecule has 2 rings (SSSR count). The van der Waals surface area contributed by atoms with Gasteiger partial charge < -0.3 is 4.57 Å². The maximum atomic E-state index is 11.9. The van der Waals surface area contributed by atoms with Gasteiger partial charge in [0.2, 0.25) is 0 Å². The van der Waals surface area contributed by atoms with Gasteiger partial charge in [-0.05, 0) is 13.0 Å². The van der Waals surface area contributed by atoms with Crippen LogP contribution in [-0.4, -0.2) is 14.1 Å². The van der Waals surface area contributed by atoms with E-state index in [-0.39, 0.29) is 11.1 Å². The molecule has 5 nitrogen and oxygen atoms in total. The summed E-state index contributed by atoms with van der Waals surface area (Å²) in [7, 11) is 1.58. The van der Waals surface area contributed by atoms with Crippen LogP contribution in [0, 0.1) is 0 Å². The van der Waals surface area contributed by atoms with E-state index < -0.39 is 0 Å². The molecule has 0 bridgehead atoms. The number of fused-ring (bicyclic) bond motifs is 1. The minimum Gasteiger partial charge on any atom is -0.305 e. The normalized spacial score (nSPS) is 10.8. The van der Waals surface area contributed by atoms with E-state index in [0.717, 1.165) is 0 Å². The number of nitrogens with zero attached hydrogens (tertiary/aromatic N) is 3. The zero-order chi connectivity index (χ0) is 11.0. The molecule has 0 aliphatic heterocycles. The molecule has 2 heterocycles. The average molecular weight is 205 g/mol. The molecule has 0 aromatic carbocycles. The summed E-state index contributed by atoms with van der Waals surface area (Å²) in [4.78, 5) is 27.4. The van der Waals surface area contributed by atoms with Crippen molar-refractivity contribution in [1.29, 1.82) is 0 Å². The zero-order valence-corrected chi connectivity index (χ0v) is 8.60. The summed E-state index contributed by atoms with van der Waals surface area (Å²) in [6.07, 6.45) is 1.50. The smallest absolute Gasteiger partial charge is 0.277 e. The van der Waals surface area contributed by atoms with Gasteiger partial charge in [0.15, 0.2) is 0 Å². The molecule has 0 saturated carbocycles. The molecular weight excluding hydrogens is 194 g/mol. The van der Waals surface area contributed by atoms with Crippen molar-refractivity contribution in [2.75, 3.05) is 0 Å². The second kappa shape index (κ2) is 3.34. The molecule has 0 fully saturated rings. The molecule has 0 saturated heterocycles. The molecule has 2 aromatic heterocycles. The predicted octanol–water partition coefficient (Wildman–Crippen LogP) is 0.115. The maximum Gasteiger partial charge on any atom is 0.277 e. The van der Waals surface area contributed by atoms with Gasteiger partial charge in [-0.2, -0.15) is 0 Å². The first kappa shape index (κ1) is 9.64. The largest absolute Gasteiger partial charge is 0.305 e. The Morgan fingerprint density at radius 1 is 1.33 bits per heavy atom. The molecule has 15 heavy (non-hydrogen) atoms. The lowest BCUT2D eigenvalue weighted by Crippen LogP contribution is -2.27. The van der Waals surface area contributed by atoms with Crippen LogP contribution in [0.15, 0.2) is 28.0 Å². The fourth-order valence-corrected chi connectivity index (χ4v) is 1.53. The third-order valence-corrected chi connectivity index (χ3v) is 2.43. The Morgan fingerprint density at radius 3 is 2.73 bits per heavy atom. The predicted molar refractivity (Wildman–Crippen MR) is 56.9 cm³/mol. The van der Waals surface area contributed by atoms with Crippen LogP contribution in [-0.2, 0) is 13.6 Å². The summed E-state index contributed by atoms with van der Waals surface area (Å²) in [6, 6.07) is 2.98. The second-order valence-corrected chi connectivity index (χ2v) is 3.30. The highest BCUT2D eigenvalue weighted by molar-refractivity contribution is 5.72. The van der Waals surface area contributed by atoms with Gasteiger partial charge in [-0.1, -0.05) is 0 Å². The van der Waals surface area contributed by atoms with E-state index in [1.165, 1.54) is 21.5 Å². The van der Waals surface area contributed by atoms with E-state index in [1.807, 2.05) is 6.92 Å². The Kier molecular flexibility index (Phi) is 2.15. The number of hydrogen-bond acceptors (Lipinski definition) is 3. The van der Waals surface area contributed by atoms with Crippen LogP contribution >= 0.6 is 0 Å². The van der Waals surface area contributed by atoms with Gasteiger partial charge in [0.25, 0.3) is 11.1 Å². The number of hydrogen-bond donors (Lipinski definition) is 0. The Balaban J connectivity index is 3.03. The van der Waals surface area contributed by atoms with Crippen LogP contribution in [0.3, 0.4) is 0 Å². The molecule has 0 aliphatic carbocycles. The lowest BCUT2D eigenvalue weighted by Gasteiger charge is -2.05. The average Bonchev–Trinajstić information content (AvgIpc) is 2.24. The van der Waals surface area contributed by atoms with Gasteiger partial charge >= 0.3 is 0 Å². The number of pyridine rings is 1. The van der Waals surface area contributed by atoms with E-state index in [0.29, 0.717) is 17.6 Å². The van der Waals surface area contributed by atoms with E-state index in [4.69, 9.17) is 0 Å². The van der Waals surface area contributed by atoms with E-state index in [2.05, 4.69) is 4.98 Å². The molecule has 78 valence electrons. The first-order valence-electron chi connectivity index (χ1n) is 4.70. The van der Waals surface area contributed by atoms with Crippen molar-refractivity contribution in [3.05, 3.63) is 39.2 Å². The van der Waals surface area contributed by atoms with Crippen molar-refractivity contribution in [3.63, 3.8) is 0 Å². The van der Waals surface area contributed by atoms with Crippen LogP contribution in [0.4, 0.5) is 0 Å². The fourth-order valence-electron chi connectivity index (χ4n) is 1.53. The highest BCUT2D eigenvalue weighted by Gasteiger charge is 2.06. The van der Waals surface area contributed by atoms with Crippen molar-refractivity contribution in [3.8, 4) is 0 Å². The standard InChI is InChI=1S/C10H11N3O2/c1-3-13-6-11-7-4-5-8(14)12(2)9(7)10(13)15/h4-6H,3H2,1-2H3. The molecule has 2 aromatic rings. The first-order chi connectivity index (χ1) is 7.15. The van der Waals surface area contributed by atoms with Crippen molar-refractivity contribution in [2.45, 2.75) is 13.5 Å². The van der Waals surface area contributed by atoms with Crippen molar-refractivity contribution >= 4 is 11.0 Å². The quantitative estimate of drug-likeness (QED) is 0.664. The summed E-state index contributed by atoms with van der Waals surface area (Å²) >= 11 is 0. The lowest BCUT2D eigenvalue weighted by molar-refractivity contribution is 0.708. The summed E-state index contributed by atoms with van der Waals surface area (Å²) in [5.74, 6) is 0. The Bertz CT molecular complexity index is 625. The Labute approximate surface area is 85.6 Å². The molecule has 0 amide bonds. The van der Waals surface area contributed by atoms with Crippen molar-refractivity contribution in [2.24, 2.45) is 7.05 Å². The fraction of sp³-hybridized carbons (Fsp3) is 0.300. The zero-order valence-electron chi connectivity index (χ0n) is 8.60. The molecule has 0 atom stereocenters. The minimum atomic E-state index is -0.199. The third-order valence-electron chi connectivity index (χ3n) is 2.43. The molecule has 5 heteroatoms. The molecule has 0 spiro atoms. The SMILES string of the molecule is CCn1cnc2ccc(=O)n(C)c2c1=O. The summed E-state index contributed by atoms with van der Waals surface area (Å²) in [5, 5.41) is 0. The number of rotatable bonds is 1. The van der Waals surface area contributed by atoms with Gasteiger partial charge in [0.1, 0.15) is 5.52 Å². The van der Waals surface area contributed by atoms with Crippen molar-refractivity contribution in [1.82, 2.24) is 14.1 Å². The number of aryl methyl sites for hydroxylation is 2. The third kappa shape index (κ3) is 1.36. The van der Waals surface area contributed by atoms with Crippen LogP contribution in [0.2, 0.25) is 0 Å². The first-order valence-corrected chi connectivity index (χ1v) is 4.70. The monoisotopic (exact) mass is 205 g/mol. The highest BCUT2D eigenvalue weighted by atomic mass is 16.1.